The van der Waals surface area contributed by atoms with E-state index in [1.54, 1.807) is 30.3 Å². The highest BCUT2D eigenvalue weighted by molar-refractivity contribution is 5.91. The average molecular weight is 244 g/mol. The van der Waals surface area contributed by atoms with E-state index in [0.717, 1.165) is 0 Å². The van der Waals surface area contributed by atoms with Crippen LogP contribution in [-0.4, -0.2) is 11.0 Å². The molecular formula is C13H12N2O3. The number of carbonyl (C=O) groups excluding carboxylic acids is 1. The quantitative estimate of drug-likeness (QED) is 0.718. The van der Waals surface area contributed by atoms with E-state index in [1.807, 2.05) is 0 Å². The summed E-state index contributed by atoms with van der Waals surface area (Å²) in [6.45, 7) is 3.75. The van der Waals surface area contributed by atoms with Gasteiger partial charge < -0.3 is 9.52 Å². The van der Waals surface area contributed by atoms with E-state index in [9.17, 15) is 9.90 Å². The van der Waals surface area contributed by atoms with Gasteiger partial charge in [0.2, 0.25) is 0 Å². The van der Waals surface area contributed by atoms with Gasteiger partial charge in [-0.05, 0) is 24.3 Å². The van der Waals surface area contributed by atoms with Crippen LogP contribution in [0.3, 0.4) is 0 Å². The molecule has 2 aromatic rings. The van der Waals surface area contributed by atoms with Crippen LogP contribution in [0, 0.1) is 0 Å². The lowest BCUT2D eigenvalue weighted by Gasteiger charge is -2.10. The van der Waals surface area contributed by atoms with Gasteiger partial charge in [0, 0.05) is 5.56 Å². The van der Waals surface area contributed by atoms with Crippen LogP contribution in [0.15, 0.2) is 53.7 Å². The van der Waals surface area contributed by atoms with Crippen molar-refractivity contribution in [3.05, 3.63) is 60.6 Å². The maximum absolute atomic E-state index is 11.6. The molecule has 0 bridgehead atoms. The largest absolute Gasteiger partial charge is 0.508 e. The van der Waals surface area contributed by atoms with E-state index in [-0.39, 0.29) is 11.5 Å². The molecule has 5 heteroatoms. The van der Waals surface area contributed by atoms with Gasteiger partial charge in [-0.3, -0.25) is 15.6 Å². The fourth-order valence-corrected chi connectivity index (χ4v) is 1.37. The summed E-state index contributed by atoms with van der Waals surface area (Å²) >= 11 is 0. The Morgan fingerprint density at radius 2 is 2.06 bits per heavy atom. The zero-order chi connectivity index (χ0) is 13.0. The molecule has 0 unspecified atom stereocenters. The molecule has 1 aromatic carbocycles. The molecule has 92 valence electrons. The van der Waals surface area contributed by atoms with Crippen molar-refractivity contribution in [3.8, 4) is 5.75 Å². The molecule has 1 amide bonds. The second-order valence-electron chi connectivity index (χ2n) is 3.59. The van der Waals surface area contributed by atoms with Crippen molar-refractivity contribution in [1.82, 2.24) is 10.9 Å². The molecule has 0 aliphatic carbocycles. The van der Waals surface area contributed by atoms with E-state index in [1.165, 1.54) is 12.3 Å². The number of benzene rings is 1. The summed E-state index contributed by atoms with van der Waals surface area (Å²) in [5.74, 6) is -0.0691. The molecule has 0 spiro atoms. The number of carbonyl (C=O) groups is 1. The van der Waals surface area contributed by atoms with Crippen LogP contribution in [0.1, 0.15) is 16.1 Å². The minimum absolute atomic E-state index is 0.132. The molecule has 5 nitrogen and oxygen atoms in total. The highest BCUT2D eigenvalue weighted by Gasteiger charge is 2.08. The van der Waals surface area contributed by atoms with Crippen molar-refractivity contribution >= 4 is 11.6 Å². The molecule has 0 fully saturated rings. The fourth-order valence-electron chi connectivity index (χ4n) is 1.37. The van der Waals surface area contributed by atoms with Crippen molar-refractivity contribution in [2.24, 2.45) is 0 Å². The van der Waals surface area contributed by atoms with Gasteiger partial charge in [0.15, 0.2) is 5.76 Å². The number of hydrogen-bond donors (Lipinski definition) is 3. The molecule has 0 aliphatic rings. The molecule has 0 radical (unpaired) electrons. The highest BCUT2D eigenvalue weighted by atomic mass is 16.3. The number of hydrogen-bond acceptors (Lipinski definition) is 4. The first-order valence-electron chi connectivity index (χ1n) is 5.25. The van der Waals surface area contributed by atoms with Crippen LogP contribution in [0.25, 0.3) is 5.70 Å². The van der Waals surface area contributed by atoms with Gasteiger partial charge in [0.1, 0.15) is 5.75 Å². The number of furan rings is 1. The Kier molecular flexibility index (Phi) is 3.33. The van der Waals surface area contributed by atoms with E-state index in [2.05, 4.69) is 17.4 Å². The van der Waals surface area contributed by atoms with Crippen LogP contribution in [0.4, 0.5) is 0 Å². The summed E-state index contributed by atoms with van der Waals surface area (Å²) in [5.41, 5.74) is 6.23. The Morgan fingerprint density at radius 3 is 2.72 bits per heavy atom. The molecule has 0 atom stereocenters. The second-order valence-corrected chi connectivity index (χ2v) is 3.59. The zero-order valence-electron chi connectivity index (χ0n) is 9.51. The van der Waals surface area contributed by atoms with E-state index in [4.69, 9.17) is 4.42 Å². The summed E-state index contributed by atoms with van der Waals surface area (Å²) in [5, 5.41) is 9.32. The molecule has 0 aliphatic heterocycles. The van der Waals surface area contributed by atoms with Crippen LogP contribution in [0.2, 0.25) is 0 Å². The van der Waals surface area contributed by atoms with Gasteiger partial charge in [-0.1, -0.05) is 18.7 Å². The Hall–Kier alpha value is -2.69. The lowest BCUT2D eigenvalue weighted by molar-refractivity contribution is 0.0914. The monoisotopic (exact) mass is 244 g/mol. The molecule has 2 rings (SSSR count). The topological polar surface area (TPSA) is 74.5 Å². The normalized spacial score (nSPS) is 9.78. The number of phenols is 1. The third-order valence-electron chi connectivity index (χ3n) is 2.27. The van der Waals surface area contributed by atoms with E-state index in [0.29, 0.717) is 11.3 Å². The summed E-state index contributed by atoms with van der Waals surface area (Å²) in [7, 11) is 0. The number of hydrazine groups is 1. The number of amides is 1. The van der Waals surface area contributed by atoms with Crippen molar-refractivity contribution in [1.29, 1.82) is 0 Å². The van der Waals surface area contributed by atoms with Gasteiger partial charge >= 0.3 is 5.91 Å². The molecule has 18 heavy (non-hydrogen) atoms. The second kappa shape index (κ2) is 5.09. The third kappa shape index (κ3) is 2.70. The Labute approximate surface area is 104 Å². The summed E-state index contributed by atoms with van der Waals surface area (Å²) in [4.78, 5) is 11.6. The first kappa shape index (κ1) is 11.8. The van der Waals surface area contributed by atoms with Gasteiger partial charge in [-0.2, -0.15) is 0 Å². The van der Waals surface area contributed by atoms with Gasteiger partial charge in [-0.25, -0.2) is 0 Å². The average Bonchev–Trinajstić information content (AvgIpc) is 2.89. The fraction of sp³-hybridized carbons (Fsp3) is 0. The lowest BCUT2D eigenvalue weighted by atomic mass is 10.2. The maximum Gasteiger partial charge on any atom is 0.305 e. The zero-order valence-corrected chi connectivity index (χ0v) is 9.51. The maximum atomic E-state index is 11.6. The van der Waals surface area contributed by atoms with Crippen LogP contribution >= 0.6 is 0 Å². The van der Waals surface area contributed by atoms with E-state index < -0.39 is 5.91 Å². The number of aromatic hydroxyl groups is 1. The predicted molar refractivity (Wildman–Crippen MR) is 66.5 cm³/mol. The number of phenolic OH excluding ortho intramolecular Hbond substituents is 1. The Morgan fingerprint density at radius 1 is 1.22 bits per heavy atom. The summed E-state index contributed by atoms with van der Waals surface area (Å²) < 4.78 is 4.93. The Bertz CT molecular complexity index is 561. The van der Waals surface area contributed by atoms with Crippen molar-refractivity contribution in [3.63, 3.8) is 0 Å². The SMILES string of the molecule is C=C(NNC(=O)c1ccco1)c1cccc(O)c1. The molecule has 1 heterocycles. The smallest absolute Gasteiger partial charge is 0.305 e. The molecular weight excluding hydrogens is 232 g/mol. The molecule has 0 saturated carbocycles. The van der Waals surface area contributed by atoms with Gasteiger partial charge in [0.25, 0.3) is 0 Å². The van der Waals surface area contributed by atoms with Crippen LogP contribution < -0.4 is 10.9 Å². The summed E-state index contributed by atoms with van der Waals surface area (Å²) in [6, 6.07) is 9.71. The van der Waals surface area contributed by atoms with Crippen LogP contribution in [-0.2, 0) is 0 Å². The molecule has 1 aromatic heterocycles. The first-order chi connectivity index (χ1) is 8.66. The van der Waals surface area contributed by atoms with E-state index >= 15 is 0 Å². The minimum atomic E-state index is -0.402. The lowest BCUT2D eigenvalue weighted by Crippen LogP contribution is -2.35. The number of rotatable bonds is 4. The minimum Gasteiger partial charge on any atom is -0.508 e. The molecule has 3 N–H and O–H groups in total. The van der Waals surface area contributed by atoms with Crippen molar-refractivity contribution in [2.75, 3.05) is 0 Å². The van der Waals surface area contributed by atoms with Gasteiger partial charge in [0.05, 0.1) is 12.0 Å². The number of nitrogens with one attached hydrogen (secondary N) is 2. The van der Waals surface area contributed by atoms with Crippen molar-refractivity contribution in [2.45, 2.75) is 0 Å². The van der Waals surface area contributed by atoms with Crippen LogP contribution in [0.5, 0.6) is 5.75 Å². The first-order valence-corrected chi connectivity index (χ1v) is 5.25. The highest BCUT2D eigenvalue weighted by Crippen LogP contribution is 2.15. The standard InChI is InChI=1S/C13H12N2O3/c1-9(10-4-2-5-11(16)8-10)14-15-13(17)12-6-3-7-18-12/h2-8,14,16H,1H2,(H,15,17). The summed E-state index contributed by atoms with van der Waals surface area (Å²) in [6.07, 6.45) is 1.42. The molecule has 0 saturated heterocycles. The predicted octanol–water partition coefficient (Wildman–Crippen LogP) is 1.89. The van der Waals surface area contributed by atoms with Gasteiger partial charge in [-0.15, -0.1) is 0 Å². The van der Waals surface area contributed by atoms with Crippen molar-refractivity contribution < 1.29 is 14.3 Å². The Balaban J connectivity index is 1.95. The third-order valence-corrected chi connectivity index (χ3v) is 2.27.